The van der Waals surface area contributed by atoms with Gasteiger partial charge in [-0.15, -0.1) is 0 Å². The highest BCUT2D eigenvalue weighted by atomic mass is 15.3. The molecule has 0 aliphatic heterocycles. The van der Waals surface area contributed by atoms with Crippen molar-refractivity contribution in [3.8, 4) is 0 Å². The zero-order valence-electron chi connectivity index (χ0n) is 5.36. The first-order valence-corrected chi connectivity index (χ1v) is 2.53. The Hall–Kier alpha value is -0.760. The molecular weight excluding hydrogens is 100 g/mol. The van der Waals surface area contributed by atoms with Gasteiger partial charge in [0, 0.05) is 12.7 Å². The Kier molecular flexibility index (Phi) is 3.98. The normalized spacial score (nSPS) is 11.0. The number of hydrogen-bond acceptors (Lipinski definition) is 2. The molecule has 0 aromatic heterocycles. The smallest absolute Gasteiger partial charge is 0.0230 e. The third-order valence-corrected chi connectivity index (χ3v) is 0.690. The summed E-state index contributed by atoms with van der Waals surface area (Å²) in [4.78, 5) is 0. The lowest BCUT2D eigenvalue weighted by Gasteiger charge is -2.00. The predicted octanol–water partition coefficient (Wildman–Crippen LogP) is 0.800. The van der Waals surface area contributed by atoms with Gasteiger partial charge in [-0.05, 0) is 13.0 Å². The van der Waals surface area contributed by atoms with E-state index < -0.39 is 0 Å². The molecule has 0 radical (unpaired) electrons. The summed E-state index contributed by atoms with van der Waals surface area (Å²) in [6, 6.07) is 0. The van der Waals surface area contributed by atoms with Gasteiger partial charge in [0.25, 0.3) is 0 Å². The Morgan fingerprint density at radius 3 is 2.62 bits per heavy atom. The van der Waals surface area contributed by atoms with E-state index in [2.05, 4.69) is 17.4 Å². The Labute approximate surface area is 50.3 Å². The SMILES string of the molecule is C=C/C=C(\C)NNC. The zero-order chi connectivity index (χ0) is 6.41. The molecule has 2 heteroatoms. The van der Waals surface area contributed by atoms with Crippen molar-refractivity contribution in [2.45, 2.75) is 6.92 Å². The molecule has 0 fully saturated rings. The highest BCUT2D eigenvalue weighted by Gasteiger charge is 1.75. The molecule has 0 amide bonds. The molecule has 0 spiro atoms. The number of nitrogens with one attached hydrogen (secondary N) is 2. The topological polar surface area (TPSA) is 24.1 Å². The number of rotatable bonds is 3. The van der Waals surface area contributed by atoms with E-state index in [4.69, 9.17) is 0 Å². The first kappa shape index (κ1) is 7.24. The van der Waals surface area contributed by atoms with E-state index in [1.54, 1.807) is 6.08 Å². The summed E-state index contributed by atoms with van der Waals surface area (Å²) < 4.78 is 0. The highest BCUT2D eigenvalue weighted by Crippen LogP contribution is 1.81. The van der Waals surface area contributed by atoms with Crippen LogP contribution in [0.2, 0.25) is 0 Å². The average molecular weight is 112 g/mol. The van der Waals surface area contributed by atoms with Gasteiger partial charge in [0.05, 0.1) is 0 Å². The van der Waals surface area contributed by atoms with Crippen LogP contribution in [0, 0.1) is 0 Å². The van der Waals surface area contributed by atoms with Crippen molar-refractivity contribution in [1.82, 2.24) is 10.9 Å². The molecule has 0 heterocycles. The highest BCUT2D eigenvalue weighted by molar-refractivity contribution is 5.04. The quantitative estimate of drug-likeness (QED) is 0.417. The first-order chi connectivity index (χ1) is 3.81. The van der Waals surface area contributed by atoms with Crippen LogP contribution in [0.4, 0.5) is 0 Å². The second kappa shape index (κ2) is 4.40. The van der Waals surface area contributed by atoms with Gasteiger partial charge in [-0.1, -0.05) is 12.7 Å². The van der Waals surface area contributed by atoms with Gasteiger partial charge < -0.3 is 5.43 Å². The third kappa shape index (κ3) is 3.43. The average Bonchev–Trinajstić information content (AvgIpc) is 1.68. The van der Waals surface area contributed by atoms with Gasteiger partial charge in [-0.2, -0.15) is 0 Å². The van der Waals surface area contributed by atoms with Crippen LogP contribution >= 0.6 is 0 Å². The monoisotopic (exact) mass is 112 g/mol. The maximum atomic E-state index is 3.54. The summed E-state index contributed by atoms with van der Waals surface area (Å²) in [6.07, 6.45) is 3.62. The van der Waals surface area contributed by atoms with E-state index >= 15 is 0 Å². The van der Waals surface area contributed by atoms with Crippen LogP contribution < -0.4 is 10.9 Å². The van der Waals surface area contributed by atoms with Crippen molar-refractivity contribution in [3.63, 3.8) is 0 Å². The second-order valence-corrected chi connectivity index (χ2v) is 1.46. The summed E-state index contributed by atoms with van der Waals surface area (Å²) >= 11 is 0. The van der Waals surface area contributed by atoms with Crippen LogP contribution in [0.3, 0.4) is 0 Å². The van der Waals surface area contributed by atoms with Crippen molar-refractivity contribution in [3.05, 3.63) is 24.4 Å². The summed E-state index contributed by atoms with van der Waals surface area (Å²) in [6.45, 7) is 5.50. The minimum Gasteiger partial charge on any atom is -0.326 e. The van der Waals surface area contributed by atoms with E-state index in [-0.39, 0.29) is 0 Å². The number of hydrogen-bond donors (Lipinski definition) is 2. The molecule has 0 bridgehead atoms. The van der Waals surface area contributed by atoms with E-state index in [9.17, 15) is 0 Å². The third-order valence-electron chi connectivity index (χ3n) is 0.690. The van der Waals surface area contributed by atoms with Crippen molar-refractivity contribution in [2.24, 2.45) is 0 Å². The molecule has 0 saturated carbocycles. The summed E-state index contributed by atoms with van der Waals surface area (Å²) in [7, 11) is 1.82. The van der Waals surface area contributed by atoms with Crippen LogP contribution in [-0.2, 0) is 0 Å². The Morgan fingerprint density at radius 2 is 2.25 bits per heavy atom. The largest absolute Gasteiger partial charge is 0.326 e. The van der Waals surface area contributed by atoms with Gasteiger partial charge in [0.2, 0.25) is 0 Å². The molecule has 0 saturated heterocycles. The van der Waals surface area contributed by atoms with Crippen LogP contribution in [0.1, 0.15) is 6.92 Å². The van der Waals surface area contributed by atoms with Crippen LogP contribution in [0.5, 0.6) is 0 Å². The summed E-state index contributed by atoms with van der Waals surface area (Å²) in [5.74, 6) is 0. The van der Waals surface area contributed by atoms with E-state index in [1.165, 1.54) is 0 Å². The van der Waals surface area contributed by atoms with Crippen LogP contribution in [-0.4, -0.2) is 7.05 Å². The standard InChI is InChI=1S/C6H12N2/c1-4-5-6(2)8-7-3/h4-5,7-8H,1H2,2-3H3/b6-5+. The first-order valence-electron chi connectivity index (χ1n) is 2.53. The van der Waals surface area contributed by atoms with E-state index in [1.807, 2.05) is 20.0 Å². The Balaban J connectivity index is 3.44. The van der Waals surface area contributed by atoms with Crippen molar-refractivity contribution in [2.75, 3.05) is 7.05 Å². The Bertz CT molecular complexity index is 94.7. The van der Waals surface area contributed by atoms with Gasteiger partial charge in [0.1, 0.15) is 0 Å². The minimum absolute atomic E-state index is 1.06. The maximum Gasteiger partial charge on any atom is 0.0230 e. The molecule has 2 N–H and O–H groups in total. The molecule has 0 aromatic rings. The lowest BCUT2D eigenvalue weighted by atomic mass is 10.4. The minimum atomic E-state index is 1.06. The van der Waals surface area contributed by atoms with E-state index in [0.29, 0.717) is 0 Å². The van der Waals surface area contributed by atoms with Crippen molar-refractivity contribution in [1.29, 1.82) is 0 Å². The molecule has 0 aromatic carbocycles. The molecule has 46 valence electrons. The molecule has 2 nitrogen and oxygen atoms in total. The number of allylic oxidation sites excluding steroid dienone is 3. The molecule has 0 rings (SSSR count). The van der Waals surface area contributed by atoms with Crippen LogP contribution in [0.25, 0.3) is 0 Å². The van der Waals surface area contributed by atoms with Gasteiger partial charge in [-0.3, -0.25) is 0 Å². The summed E-state index contributed by atoms with van der Waals surface area (Å²) in [5.41, 5.74) is 6.73. The second-order valence-electron chi connectivity index (χ2n) is 1.46. The lowest BCUT2D eigenvalue weighted by Crippen LogP contribution is -2.24. The lowest BCUT2D eigenvalue weighted by molar-refractivity contribution is 0.690. The van der Waals surface area contributed by atoms with Gasteiger partial charge >= 0.3 is 0 Å². The van der Waals surface area contributed by atoms with Gasteiger partial charge in [-0.25, -0.2) is 5.43 Å². The van der Waals surface area contributed by atoms with E-state index in [0.717, 1.165) is 5.70 Å². The fourth-order valence-electron chi connectivity index (χ4n) is 0.416. The maximum absolute atomic E-state index is 3.54. The van der Waals surface area contributed by atoms with Gasteiger partial charge in [0.15, 0.2) is 0 Å². The molecule has 0 atom stereocenters. The molecule has 8 heavy (non-hydrogen) atoms. The Morgan fingerprint density at radius 1 is 1.62 bits per heavy atom. The molecule has 0 unspecified atom stereocenters. The molecular formula is C6H12N2. The fraction of sp³-hybridized carbons (Fsp3) is 0.333. The fourth-order valence-corrected chi connectivity index (χ4v) is 0.416. The number of hydrazine groups is 1. The zero-order valence-corrected chi connectivity index (χ0v) is 5.36. The molecule has 0 aliphatic rings. The predicted molar refractivity (Wildman–Crippen MR) is 36.1 cm³/mol. The van der Waals surface area contributed by atoms with Crippen molar-refractivity contribution < 1.29 is 0 Å². The molecule has 0 aliphatic carbocycles. The van der Waals surface area contributed by atoms with Crippen LogP contribution in [0.15, 0.2) is 24.4 Å². The van der Waals surface area contributed by atoms with Crippen molar-refractivity contribution >= 4 is 0 Å². The summed E-state index contributed by atoms with van der Waals surface area (Å²) in [5, 5.41) is 0.